The average Bonchev–Trinajstić information content (AvgIpc) is 3.70. The van der Waals surface area contributed by atoms with E-state index >= 15 is 0 Å². The molecule has 3 fully saturated rings. The summed E-state index contributed by atoms with van der Waals surface area (Å²) in [5.41, 5.74) is 10.2. The molecule has 1 unspecified atom stereocenters. The van der Waals surface area contributed by atoms with E-state index in [2.05, 4.69) is 25.8 Å². The molecule has 54 heavy (non-hydrogen) atoms. The molecular formula is C38H46N10O6. The third-order valence-electron chi connectivity index (χ3n) is 10.6. The van der Waals surface area contributed by atoms with Gasteiger partial charge in [0.25, 0.3) is 11.8 Å². The second-order valence-electron chi connectivity index (χ2n) is 14.0. The molecule has 284 valence electrons. The molecule has 0 spiro atoms. The first kappa shape index (κ1) is 36.7. The lowest BCUT2D eigenvalue weighted by Crippen LogP contribution is -2.52. The SMILES string of the molecule is CN1CCN([C@@H]2CCCN(c3cnc(CN)c(Nc4ccc(C(=O)NCCOCCc5cccc6c5CN(C5CCC(=O)NC5=O)C6=O)cc4)n3)C2)C1=O. The zero-order valence-electron chi connectivity index (χ0n) is 30.4. The Morgan fingerprint density at radius 1 is 1.02 bits per heavy atom. The van der Waals surface area contributed by atoms with E-state index in [0.717, 1.165) is 55.1 Å². The molecule has 4 aliphatic rings. The van der Waals surface area contributed by atoms with E-state index in [1.807, 2.05) is 24.1 Å². The van der Waals surface area contributed by atoms with E-state index in [0.29, 0.717) is 68.3 Å². The normalized spacial score (nSPS) is 20.0. The Morgan fingerprint density at radius 2 is 1.85 bits per heavy atom. The van der Waals surface area contributed by atoms with Crippen LogP contribution in [0.4, 0.5) is 22.1 Å². The van der Waals surface area contributed by atoms with Crippen LogP contribution in [0.15, 0.2) is 48.7 Å². The smallest absolute Gasteiger partial charge is 0.320 e. The fraction of sp³-hybridized carbons (Fsp3) is 0.447. The van der Waals surface area contributed by atoms with Crippen LogP contribution >= 0.6 is 0 Å². The molecule has 0 aliphatic carbocycles. The van der Waals surface area contributed by atoms with Crippen LogP contribution in [0.1, 0.15) is 63.2 Å². The highest BCUT2D eigenvalue weighted by Crippen LogP contribution is 2.30. The van der Waals surface area contributed by atoms with Gasteiger partial charge in [0.05, 0.1) is 31.1 Å². The van der Waals surface area contributed by atoms with Crippen molar-refractivity contribution < 1.29 is 28.7 Å². The minimum Gasteiger partial charge on any atom is -0.379 e. The first-order chi connectivity index (χ1) is 26.2. The molecule has 0 radical (unpaired) electrons. The summed E-state index contributed by atoms with van der Waals surface area (Å²) in [5, 5.41) is 8.53. The monoisotopic (exact) mass is 738 g/mol. The number of likely N-dealkylation sites (N-methyl/N-ethyl adjacent to an activating group) is 1. The Labute approximate surface area is 313 Å². The number of rotatable bonds is 13. The fourth-order valence-corrected chi connectivity index (χ4v) is 7.58. The number of nitrogens with zero attached hydrogens (tertiary/aromatic N) is 6. The topological polar surface area (TPSA) is 195 Å². The highest BCUT2D eigenvalue weighted by atomic mass is 16.5. The third-order valence-corrected chi connectivity index (χ3v) is 10.6. The standard InChI is InChI=1S/C38H46N10O6/c1-45-16-17-47(38(45)53)27-5-3-15-46(22-27)32-21-41-30(20-39)34(43-32)42-26-9-7-25(8-10-26)35(50)40-14-19-54-18-13-24-4-2-6-28-29(24)23-48(37(28)52)31-11-12-33(49)44-36(31)51/h2,4,6-10,21,27,31H,3,5,11-20,22-23,39H2,1H3,(H,40,50)(H,42,43)(H,44,49,51)/t27-,31?/m1/s1. The first-order valence-electron chi connectivity index (χ1n) is 18.5. The van der Waals surface area contributed by atoms with Crippen LogP contribution in [-0.2, 0) is 33.8 Å². The second-order valence-corrected chi connectivity index (χ2v) is 14.0. The Kier molecular flexibility index (Phi) is 11.0. The van der Waals surface area contributed by atoms with Crippen LogP contribution in [0.25, 0.3) is 0 Å². The minimum atomic E-state index is -0.658. The molecule has 0 saturated carbocycles. The number of piperidine rings is 2. The molecule has 3 aromatic rings. The van der Waals surface area contributed by atoms with Gasteiger partial charge in [0.2, 0.25) is 11.8 Å². The molecule has 2 atom stereocenters. The number of fused-ring (bicyclic) bond motifs is 1. The maximum atomic E-state index is 13.1. The molecule has 2 aromatic carbocycles. The summed E-state index contributed by atoms with van der Waals surface area (Å²) in [7, 11) is 1.84. The van der Waals surface area contributed by atoms with Crippen molar-refractivity contribution in [1.29, 1.82) is 0 Å². The molecular weight excluding hydrogens is 692 g/mol. The Morgan fingerprint density at radius 3 is 2.61 bits per heavy atom. The van der Waals surface area contributed by atoms with Crippen molar-refractivity contribution in [2.24, 2.45) is 5.73 Å². The van der Waals surface area contributed by atoms with Gasteiger partial charge in [0.15, 0.2) is 5.82 Å². The summed E-state index contributed by atoms with van der Waals surface area (Å²) in [4.78, 5) is 79.4. The maximum absolute atomic E-state index is 13.1. The predicted octanol–water partition coefficient (Wildman–Crippen LogP) is 1.77. The van der Waals surface area contributed by atoms with Gasteiger partial charge < -0.3 is 40.7 Å². The lowest BCUT2D eigenvalue weighted by atomic mass is 10.0. The molecule has 7 rings (SSSR count). The Bertz CT molecular complexity index is 1920. The number of hydrogen-bond donors (Lipinski definition) is 4. The molecule has 5 N–H and O–H groups in total. The Balaban J connectivity index is 0.869. The van der Waals surface area contributed by atoms with E-state index in [9.17, 15) is 24.0 Å². The second kappa shape index (κ2) is 16.2. The number of carbonyl (C=O) groups is 5. The van der Waals surface area contributed by atoms with Crippen molar-refractivity contribution in [1.82, 2.24) is 35.3 Å². The minimum absolute atomic E-state index is 0.0742. The van der Waals surface area contributed by atoms with Crippen LogP contribution in [0.2, 0.25) is 0 Å². The van der Waals surface area contributed by atoms with E-state index in [1.165, 1.54) is 0 Å². The van der Waals surface area contributed by atoms with Crippen LogP contribution in [0.3, 0.4) is 0 Å². The van der Waals surface area contributed by atoms with Gasteiger partial charge in [-0.3, -0.25) is 29.5 Å². The molecule has 6 amide bonds. The molecule has 5 heterocycles. The predicted molar refractivity (Wildman–Crippen MR) is 199 cm³/mol. The fourth-order valence-electron chi connectivity index (χ4n) is 7.58. The Hall–Kier alpha value is -5.61. The van der Waals surface area contributed by atoms with Gasteiger partial charge in [-0.1, -0.05) is 12.1 Å². The summed E-state index contributed by atoms with van der Waals surface area (Å²) in [6.07, 6.45) is 4.73. The summed E-state index contributed by atoms with van der Waals surface area (Å²) >= 11 is 0. The first-order valence-corrected chi connectivity index (χ1v) is 18.5. The number of benzene rings is 2. The number of ether oxygens (including phenoxy) is 1. The number of nitrogens with two attached hydrogens (primary N) is 1. The number of imide groups is 1. The van der Waals surface area contributed by atoms with Gasteiger partial charge in [-0.25, -0.2) is 9.78 Å². The van der Waals surface area contributed by atoms with Crippen molar-refractivity contribution in [3.05, 3.63) is 76.6 Å². The number of amides is 6. The molecule has 16 heteroatoms. The van der Waals surface area contributed by atoms with Crippen LogP contribution in [0, 0.1) is 0 Å². The summed E-state index contributed by atoms with van der Waals surface area (Å²) in [6, 6.07) is 12.1. The lowest BCUT2D eigenvalue weighted by molar-refractivity contribution is -0.136. The van der Waals surface area contributed by atoms with Crippen LogP contribution < -0.4 is 26.6 Å². The van der Waals surface area contributed by atoms with E-state index in [-0.39, 0.29) is 42.8 Å². The largest absolute Gasteiger partial charge is 0.379 e. The molecule has 4 aliphatic heterocycles. The third kappa shape index (κ3) is 7.84. The van der Waals surface area contributed by atoms with Crippen molar-refractivity contribution in [3.8, 4) is 0 Å². The average molecular weight is 739 g/mol. The van der Waals surface area contributed by atoms with Crippen molar-refractivity contribution >= 4 is 47.0 Å². The summed E-state index contributed by atoms with van der Waals surface area (Å²) < 4.78 is 5.81. The van der Waals surface area contributed by atoms with Gasteiger partial charge in [-0.05, 0) is 67.1 Å². The van der Waals surface area contributed by atoms with Crippen LogP contribution in [-0.4, -0.2) is 119 Å². The number of carbonyl (C=O) groups excluding carboxylic acids is 5. The van der Waals surface area contributed by atoms with E-state index in [4.69, 9.17) is 15.5 Å². The van der Waals surface area contributed by atoms with Gasteiger partial charge in [0.1, 0.15) is 11.9 Å². The number of hydrogen-bond acceptors (Lipinski definition) is 11. The van der Waals surface area contributed by atoms with Crippen molar-refractivity contribution in [3.63, 3.8) is 0 Å². The van der Waals surface area contributed by atoms with E-state index < -0.39 is 11.9 Å². The number of aromatic nitrogens is 2. The van der Waals surface area contributed by atoms with Crippen molar-refractivity contribution in [2.45, 2.75) is 57.3 Å². The number of anilines is 3. The van der Waals surface area contributed by atoms with E-state index in [1.54, 1.807) is 46.3 Å². The van der Waals surface area contributed by atoms with Gasteiger partial charge in [-0.2, -0.15) is 0 Å². The maximum Gasteiger partial charge on any atom is 0.320 e. The molecule has 3 saturated heterocycles. The molecule has 16 nitrogen and oxygen atoms in total. The highest BCUT2D eigenvalue weighted by molar-refractivity contribution is 6.05. The molecule has 1 aromatic heterocycles. The summed E-state index contributed by atoms with van der Waals surface area (Å²) in [5.74, 6) is 0.0802. The summed E-state index contributed by atoms with van der Waals surface area (Å²) in [6.45, 7) is 4.51. The lowest BCUT2D eigenvalue weighted by Gasteiger charge is -2.37. The number of nitrogens with one attached hydrogen (secondary N) is 3. The molecule has 0 bridgehead atoms. The quantitative estimate of drug-likeness (QED) is 0.147. The van der Waals surface area contributed by atoms with Gasteiger partial charge >= 0.3 is 6.03 Å². The van der Waals surface area contributed by atoms with Crippen LogP contribution in [0.5, 0.6) is 0 Å². The zero-order valence-corrected chi connectivity index (χ0v) is 30.4. The number of urea groups is 1. The van der Waals surface area contributed by atoms with Crippen molar-refractivity contribution in [2.75, 3.05) is 63.2 Å². The highest BCUT2D eigenvalue weighted by Gasteiger charge is 2.40. The van der Waals surface area contributed by atoms with Gasteiger partial charge in [-0.15, -0.1) is 0 Å². The van der Waals surface area contributed by atoms with Gasteiger partial charge in [0, 0.05) is 76.1 Å². The zero-order chi connectivity index (χ0) is 37.8.